The molecule has 0 amide bonds. The summed E-state index contributed by atoms with van der Waals surface area (Å²) in [5.41, 5.74) is 1.56. The van der Waals surface area contributed by atoms with Crippen LogP contribution in [0.1, 0.15) is 55.6 Å². The highest BCUT2D eigenvalue weighted by molar-refractivity contribution is 7.88. The number of hydrogen-bond acceptors (Lipinski definition) is 7. The van der Waals surface area contributed by atoms with Gasteiger partial charge in [0.1, 0.15) is 12.4 Å². The van der Waals surface area contributed by atoms with Gasteiger partial charge in [-0.1, -0.05) is 0 Å². The Morgan fingerprint density at radius 2 is 2.03 bits per heavy atom. The van der Waals surface area contributed by atoms with Crippen LogP contribution in [0.5, 0.6) is 5.75 Å². The first kappa shape index (κ1) is 23.7. The molecule has 0 unspecified atom stereocenters. The lowest BCUT2D eigenvalue weighted by atomic mass is 9.82. The van der Waals surface area contributed by atoms with E-state index in [4.69, 9.17) is 9.47 Å². The highest BCUT2D eigenvalue weighted by Gasteiger charge is 2.30. The number of sulfonamides is 1. The summed E-state index contributed by atoms with van der Waals surface area (Å²) in [6.07, 6.45) is 7.34. The molecule has 2 fully saturated rings. The zero-order chi connectivity index (χ0) is 22.3. The smallest absolute Gasteiger partial charge is 0.209 e. The summed E-state index contributed by atoms with van der Waals surface area (Å²) < 4.78 is 37.7. The number of nitriles is 1. The van der Waals surface area contributed by atoms with Crippen LogP contribution in [0.2, 0.25) is 0 Å². The molecule has 31 heavy (non-hydrogen) atoms. The number of nitrogens with zero attached hydrogens (tertiary/aromatic N) is 1. The topological polar surface area (TPSA) is 118 Å². The number of rotatable bonds is 9. The van der Waals surface area contributed by atoms with Gasteiger partial charge >= 0.3 is 0 Å². The summed E-state index contributed by atoms with van der Waals surface area (Å²) in [5, 5.41) is 12.6. The lowest BCUT2D eigenvalue weighted by Crippen LogP contribution is -2.55. The third kappa shape index (κ3) is 7.01. The van der Waals surface area contributed by atoms with E-state index >= 15 is 0 Å². The largest absolute Gasteiger partial charge is 0.486 e. The predicted octanol–water partition coefficient (Wildman–Crippen LogP) is 1.85. The van der Waals surface area contributed by atoms with Crippen molar-refractivity contribution in [2.45, 2.75) is 62.6 Å². The van der Waals surface area contributed by atoms with E-state index in [1.165, 1.54) is 6.26 Å². The van der Waals surface area contributed by atoms with E-state index in [1.54, 1.807) is 12.1 Å². The van der Waals surface area contributed by atoms with Gasteiger partial charge in [-0.3, -0.25) is 4.79 Å². The van der Waals surface area contributed by atoms with Crippen LogP contribution in [0.4, 0.5) is 0 Å². The number of nitrogens with one attached hydrogen (secondary N) is 2. The minimum atomic E-state index is -3.26. The third-order valence-electron chi connectivity index (χ3n) is 6.02. The van der Waals surface area contributed by atoms with Crippen molar-refractivity contribution in [3.63, 3.8) is 0 Å². The van der Waals surface area contributed by atoms with Crippen molar-refractivity contribution in [1.82, 2.24) is 10.0 Å². The van der Waals surface area contributed by atoms with Crippen molar-refractivity contribution in [1.29, 1.82) is 5.26 Å². The van der Waals surface area contributed by atoms with Gasteiger partial charge in [0, 0.05) is 12.1 Å². The molecule has 1 saturated heterocycles. The first-order valence-corrected chi connectivity index (χ1v) is 12.7. The lowest BCUT2D eigenvalue weighted by molar-refractivity contribution is -0.109. The Morgan fingerprint density at radius 1 is 1.26 bits per heavy atom. The van der Waals surface area contributed by atoms with Gasteiger partial charge in [-0.25, -0.2) is 13.1 Å². The van der Waals surface area contributed by atoms with Gasteiger partial charge in [0.05, 0.1) is 30.6 Å². The first-order valence-electron chi connectivity index (χ1n) is 10.8. The molecule has 1 aliphatic carbocycles. The SMILES string of the molecule is CS(=O)(=O)N[C@H]1CCCN[C@H]1COC1CCC(c2cc(C#N)ccc2OCC=O)CC1. The number of carbonyl (C=O) groups is 1. The molecule has 0 bridgehead atoms. The summed E-state index contributed by atoms with van der Waals surface area (Å²) in [6.45, 7) is 1.33. The molecule has 8 nitrogen and oxygen atoms in total. The minimum absolute atomic E-state index is 0.00553. The van der Waals surface area contributed by atoms with Crippen molar-refractivity contribution in [3.8, 4) is 11.8 Å². The molecule has 9 heteroatoms. The fraction of sp³-hybridized carbons (Fsp3) is 0.636. The molecule has 1 aromatic carbocycles. The predicted molar refractivity (Wildman–Crippen MR) is 116 cm³/mol. The van der Waals surface area contributed by atoms with Gasteiger partial charge in [-0.15, -0.1) is 0 Å². The van der Waals surface area contributed by atoms with Crippen molar-refractivity contribution in [2.24, 2.45) is 0 Å². The van der Waals surface area contributed by atoms with Crippen LogP contribution in [-0.2, 0) is 19.6 Å². The van der Waals surface area contributed by atoms with Gasteiger partial charge in [-0.2, -0.15) is 5.26 Å². The molecule has 0 radical (unpaired) electrons. The average molecular weight is 450 g/mol. The number of carbonyl (C=O) groups excluding carboxylic acids is 1. The van der Waals surface area contributed by atoms with E-state index in [-0.39, 0.29) is 30.7 Å². The second kappa shape index (κ2) is 11.0. The van der Waals surface area contributed by atoms with Gasteiger partial charge in [0.2, 0.25) is 10.0 Å². The highest BCUT2D eigenvalue weighted by Crippen LogP contribution is 2.39. The summed E-state index contributed by atoms with van der Waals surface area (Å²) in [5.74, 6) is 0.916. The van der Waals surface area contributed by atoms with Crippen LogP contribution in [0.15, 0.2) is 18.2 Å². The molecule has 170 valence electrons. The molecular formula is C22H31N3O5S. The summed E-state index contributed by atoms with van der Waals surface area (Å²) in [7, 11) is -3.26. The molecule has 0 spiro atoms. The normalized spacial score (nSPS) is 26.7. The van der Waals surface area contributed by atoms with Crippen LogP contribution in [0, 0.1) is 11.3 Å². The molecule has 2 aliphatic rings. The zero-order valence-corrected chi connectivity index (χ0v) is 18.7. The molecule has 1 aromatic rings. The number of hydrogen-bond donors (Lipinski definition) is 2. The monoisotopic (exact) mass is 449 g/mol. The Labute approximate surface area is 184 Å². The molecule has 1 aliphatic heterocycles. The quantitative estimate of drug-likeness (QED) is 0.553. The number of benzene rings is 1. The Kier molecular flexibility index (Phi) is 8.43. The van der Waals surface area contributed by atoms with Gasteiger partial charge in [0.15, 0.2) is 6.29 Å². The first-order chi connectivity index (χ1) is 14.9. The van der Waals surface area contributed by atoms with E-state index in [0.29, 0.717) is 17.9 Å². The summed E-state index contributed by atoms with van der Waals surface area (Å²) in [6, 6.07) is 7.33. The molecule has 2 N–H and O–H groups in total. The van der Waals surface area contributed by atoms with Gasteiger partial charge < -0.3 is 14.8 Å². The highest BCUT2D eigenvalue weighted by atomic mass is 32.2. The Hall–Kier alpha value is -1.99. The minimum Gasteiger partial charge on any atom is -0.486 e. The van der Waals surface area contributed by atoms with Crippen LogP contribution < -0.4 is 14.8 Å². The van der Waals surface area contributed by atoms with E-state index in [1.807, 2.05) is 6.07 Å². The fourth-order valence-electron chi connectivity index (χ4n) is 4.52. The van der Waals surface area contributed by atoms with E-state index in [0.717, 1.165) is 56.9 Å². The van der Waals surface area contributed by atoms with Crippen molar-refractivity contribution in [2.75, 3.05) is 26.0 Å². The van der Waals surface area contributed by atoms with Crippen LogP contribution in [-0.4, -0.2) is 58.9 Å². The second-order valence-corrected chi connectivity index (χ2v) is 10.1. The van der Waals surface area contributed by atoms with Crippen molar-refractivity contribution >= 4 is 16.3 Å². The van der Waals surface area contributed by atoms with Crippen LogP contribution in [0.25, 0.3) is 0 Å². The maximum absolute atomic E-state index is 11.6. The molecule has 2 atom stereocenters. The molecule has 1 heterocycles. The maximum Gasteiger partial charge on any atom is 0.209 e. The van der Waals surface area contributed by atoms with Gasteiger partial charge in [0.25, 0.3) is 0 Å². The van der Waals surface area contributed by atoms with Crippen molar-refractivity contribution in [3.05, 3.63) is 29.3 Å². The fourth-order valence-corrected chi connectivity index (χ4v) is 5.35. The van der Waals surface area contributed by atoms with E-state index in [9.17, 15) is 18.5 Å². The van der Waals surface area contributed by atoms with Gasteiger partial charge in [-0.05, 0) is 74.8 Å². The lowest BCUT2D eigenvalue weighted by Gasteiger charge is -2.35. The number of aldehydes is 1. The zero-order valence-electron chi connectivity index (χ0n) is 17.9. The Balaban J connectivity index is 1.55. The maximum atomic E-state index is 11.6. The number of ether oxygens (including phenoxy) is 2. The molecular weight excluding hydrogens is 418 g/mol. The Morgan fingerprint density at radius 3 is 2.71 bits per heavy atom. The second-order valence-electron chi connectivity index (χ2n) is 8.35. The van der Waals surface area contributed by atoms with E-state index < -0.39 is 10.0 Å². The standard InChI is InChI=1S/C22H31N3O5S/c1-31(27,28)25-20-3-2-10-24-21(20)15-30-18-7-5-17(6-8-18)19-13-16(14-23)4-9-22(19)29-12-11-26/h4,9,11,13,17-18,20-21,24-25H,2-3,5-8,10,12,15H2,1H3/t17?,18?,20-,21-/m0/s1. The molecule has 0 aromatic heterocycles. The molecule has 1 saturated carbocycles. The summed E-state index contributed by atoms with van der Waals surface area (Å²) >= 11 is 0. The number of piperidine rings is 1. The molecule has 3 rings (SSSR count). The van der Waals surface area contributed by atoms with Crippen LogP contribution >= 0.6 is 0 Å². The van der Waals surface area contributed by atoms with Crippen molar-refractivity contribution < 1.29 is 22.7 Å². The average Bonchev–Trinajstić information content (AvgIpc) is 2.76. The third-order valence-corrected chi connectivity index (χ3v) is 6.75. The van der Waals surface area contributed by atoms with Crippen LogP contribution in [0.3, 0.4) is 0 Å². The van der Waals surface area contributed by atoms with E-state index in [2.05, 4.69) is 16.1 Å². The Bertz CT molecular complexity index is 891. The summed E-state index contributed by atoms with van der Waals surface area (Å²) in [4.78, 5) is 10.7.